The molecule has 0 amide bonds. The normalized spacial score (nSPS) is 26.0. The van der Waals surface area contributed by atoms with Crippen LogP contribution in [0.15, 0.2) is 78.9 Å². The van der Waals surface area contributed by atoms with Gasteiger partial charge in [-0.05, 0) is 70.8 Å². The van der Waals surface area contributed by atoms with Crippen LogP contribution >= 0.6 is 0 Å². The zero-order valence-electron chi connectivity index (χ0n) is 23.7. The van der Waals surface area contributed by atoms with Gasteiger partial charge in [0.05, 0.1) is 12.5 Å². The zero-order chi connectivity index (χ0) is 31.8. The van der Waals surface area contributed by atoms with Gasteiger partial charge in [0.1, 0.15) is 65.0 Å². The maximum Gasteiger partial charge on any atom is 0.229 e. The predicted octanol–water partition coefficient (Wildman–Crippen LogP) is 3.12. The molecule has 45 heavy (non-hydrogen) atoms. The van der Waals surface area contributed by atoms with Gasteiger partial charge in [0.15, 0.2) is 0 Å². The Balaban J connectivity index is 1.37. The topological polar surface area (TPSA) is 190 Å². The first-order valence-corrected chi connectivity index (χ1v) is 14.2. The Morgan fingerprint density at radius 3 is 2.04 bits per heavy atom. The average molecular weight is 617 g/mol. The molecule has 11 heteroatoms. The SMILES string of the molecule is OCC1OC(Oc2cc(O)cc(C3c4cc(/C=C/c5cc(O)cc(O)c5)ccc4OC3c3ccc(O)cc3)c2)C(O)C(O)C1O. The molecular weight excluding hydrogens is 584 g/mol. The number of rotatable bonds is 7. The summed E-state index contributed by atoms with van der Waals surface area (Å²) in [4.78, 5) is 0. The van der Waals surface area contributed by atoms with Gasteiger partial charge in [-0.3, -0.25) is 0 Å². The van der Waals surface area contributed by atoms with E-state index in [9.17, 15) is 40.9 Å². The fourth-order valence-electron chi connectivity index (χ4n) is 5.73. The highest BCUT2D eigenvalue weighted by Gasteiger charge is 2.45. The third-order valence-corrected chi connectivity index (χ3v) is 7.91. The Bertz CT molecular complexity index is 1680. The summed E-state index contributed by atoms with van der Waals surface area (Å²) in [6.07, 6.45) is -4.48. The van der Waals surface area contributed by atoms with Crippen LogP contribution in [0.2, 0.25) is 0 Å². The molecule has 6 rings (SSSR count). The minimum absolute atomic E-state index is 0.0700. The van der Waals surface area contributed by atoms with E-state index in [4.69, 9.17) is 14.2 Å². The molecule has 0 saturated carbocycles. The number of aromatic hydroxyl groups is 4. The van der Waals surface area contributed by atoms with Crippen molar-refractivity contribution in [3.8, 4) is 34.5 Å². The Labute approximate surface area is 257 Å². The van der Waals surface area contributed by atoms with E-state index in [0.717, 1.165) is 16.7 Å². The summed E-state index contributed by atoms with van der Waals surface area (Å²) < 4.78 is 17.7. The van der Waals surface area contributed by atoms with E-state index in [-0.39, 0.29) is 28.7 Å². The number of benzene rings is 4. The third kappa shape index (κ3) is 6.25. The number of aliphatic hydroxyl groups is 4. The summed E-state index contributed by atoms with van der Waals surface area (Å²) in [5, 5.41) is 80.7. The second-order valence-electron chi connectivity index (χ2n) is 11.1. The molecule has 0 radical (unpaired) electrons. The second-order valence-corrected chi connectivity index (χ2v) is 11.1. The third-order valence-electron chi connectivity index (χ3n) is 7.91. The summed E-state index contributed by atoms with van der Waals surface area (Å²) in [6, 6.07) is 20.9. The van der Waals surface area contributed by atoms with Crippen molar-refractivity contribution in [3.63, 3.8) is 0 Å². The highest BCUT2D eigenvalue weighted by atomic mass is 16.7. The van der Waals surface area contributed by atoms with Gasteiger partial charge < -0.3 is 55.1 Å². The Hall–Kier alpha value is -4.78. The maximum atomic E-state index is 10.8. The molecule has 4 aromatic rings. The lowest BCUT2D eigenvalue weighted by Crippen LogP contribution is -2.60. The summed E-state index contributed by atoms with van der Waals surface area (Å²) in [7, 11) is 0. The number of aliphatic hydroxyl groups excluding tert-OH is 4. The van der Waals surface area contributed by atoms with Crippen LogP contribution in [-0.2, 0) is 4.74 Å². The molecular formula is C34H32O11. The quantitative estimate of drug-likeness (QED) is 0.142. The standard InChI is InChI=1S/C34H32O11/c35-16-28-30(40)31(41)32(42)34(45-28)43-25-13-20(12-24(39)15-25)29-26-11-17(1-2-18-9-22(37)14-23(38)10-18)3-8-27(26)44-33(29)19-4-6-21(36)7-5-19/h1-15,28-42H,16H2/b2-1+. The van der Waals surface area contributed by atoms with Crippen LogP contribution in [0.5, 0.6) is 34.5 Å². The van der Waals surface area contributed by atoms with Crippen molar-refractivity contribution < 1.29 is 55.1 Å². The fourth-order valence-corrected chi connectivity index (χ4v) is 5.73. The van der Waals surface area contributed by atoms with Crippen molar-refractivity contribution >= 4 is 12.2 Å². The van der Waals surface area contributed by atoms with Gasteiger partial charge in [-0.15, -0.1) is 0 Å². The number of fused-ring (bicyclic) bond motifs is 1. The summed E-state index contributed by atoms with van der Waals surface area (Å²) in [5.74, 6) is -0.0312. The smallest absolute Gasteiger partial charge is 0.229 e. The van der Waals surface area contributed by atoms with Gasteiger partial charge in [-0.1, -0.05) is 30.4 Å². The first-order chi connectivity index (χ1) is 21.6. The van der Waals surface area contributed by atoms with E-state index in [1.54, 1.807) is 42.5 Å². The van der Waals surface area contributed by atoms with E-state index in [1.807, 2.05) is 24.3 Å². The van der Waals surface area contributed by atoms with Crippen molar-refractivity contribution in [2.24, 2.45) is 0 Å². The monoisotopic (exact) mass is 616 g/mol. The zero-order valence-corrected chi connectivity index (χ0v) is 23.7. The lowest BCUT2D eigenvalue weighted by Gasteiger charge is -2.39. The molecule has 8 N–H and O–H groups in total. The van der Waals surface area contributed by atoms with Crippen LogP contribution in [0.1, 0.15) is 39.8 Å². The van der Waals surface area contributed by atoms with Crippen molar-refractivity contribution in [3.05, 3.63) is 107 Å². The molecule has 0 aromatic heterocycles. The number of phenols is 4. The average Bonchev–Trinajstić information content (AvgIpc) is 3.39. The van der Waals surface area contributed by atoms with Crippen molar-refractivity contribution in [1.82, 2.24) is 0 Å². The highest BCUT2D eigenvalue weighted by Crippen LogP contribution is 2.51. The van der Waals surface area contributed by atoms with Crippen LogP contribution in [0.25, 0.3) is 12.2 Å². The van der Waals surface area contributed by atoms with Gasteiger partial charge >= 0.3 is 0 Å². The van der Waals surface area contributed by atoms with Crippen LogP contribution in [-0.4, -0.2) is 78.2 Å². The first-order valence-electron chi connectivity index (χ1n) is 14.2. The van der Waals surface area contributed by atoms with Gasteiger partial charge in [0.25, 0.3) is 0 Å². The van der Waals surface area contributed by atoms with Gasteiger partial charge in [0.2, 0.25) is 6.29 Å². The lowest BCUT2D eigenvalue weighted by atomic mass is 9.84. The van der Waals surface area contributed by atoms with Crippen LogP contribution in [0.4, 0.5) is 0 Å². The molecule has 4 aromatic carbocycles. The van der Waals surface area contributed by atoms with Gasteiger partial charge in [-0.2, -0.15) is 0 Å². The molecule has 11 nitrogen and oxygen atoms in total. The Morgan fingerprint density at radius 2 is 1.33 bits per heavy atom. The minimum atomic E-state index is -1.64. The van der Waals surface area contributed by atoms with Gasteiger partial charge in [-0.25, -0.2) is 0 Å². The molecule has 1 saturated heterocycles. The molecule has 2 heterocycles. The molecule has 2 aliphatic rings. The predicted molar refractivity (Wildman–Crippen MR) is 161 cm³/mol. The molecule has 0 spiro atoms. The summed E-state index contributed by atoms with van der Waals surface area (Å²) >= 11 is 0. The van der Waals surface area contributed by atoms with E-state index >= 15 is 0 Å². The Kier molecular flexibility index (Phi) is 8.28. The van der Waals surface area contributed by atoms with Crippen LogP contribution < -0.4 is 9.47 Å². The number of phenolic OH excluding ortho intramolecular Hbond substituents is 4. The maximum absolute atomic E-state index is 10.8. The first kappa shape index (κ1) is 30.3. The molecule has 1 fully saturated rings. The van der Waals surface area contributed by atoms with Crippen molar-refractivity contribution in [2.75, 3.05) is 6.61 Å². The minimum Gasteiger partial charge on any atom is -0.508 e. The van der Waals surface area contributed by atoms with Crippen molar-refractivity contribution in [1.29, 1.82) is 0 Å². The summed E-state index contributed by atoms with van der Waals surface area (Å²) in [6.45, 7) is -0.621. The summed E-state index contributed by atoms with van der Waals surface area (Å²) in [5.41, 5.74) is 3.48. The molecule has 0 bridgehead atoms. The number of ether oxygens (including phenoxy) is 3. The van der Waals surface area contributed by atoms with E-state index in [1.165, 1.54) is 24.3 Å². The second kappa shape index (κ2) is 12.3. The highest BCUT2D eigenvalue weighted by molar-refractivity contribution is 5.72. The van der Waals surface area contributed by atoms with Crippen molar-refractivity contribution in [2.45, 2.75) is 42.7 Å². The van der Waals surface area contributed by atoms with E-state index < -0.39 is 49.3 Å². The molecule has 0 aliphatic carbocycles. The fraction of sp³-hybridized carbons (Fsp3) is 0.235. The van der Waals surface area contributed by atoms with E-state index in [2.05, 4.69) is 0 Å². The number of hydrogen-bond acceptors (Lipinski definition) is 11. The Morgan fingerprint density at radius 1 is 0.644 bits per heavy atom. The number of hydrogen-bond donors (Lipinski definition) is 8. The molecule has 7 atom stereocenters. The van der Waals surface area contributed by atoms with Crippen LogP contribution in [0, 0.1) is 0 Å². The lowest BCUT2D eigenvalue weighted by molar-refractivity contribution is -0.277. The molecule has 7 unspecified atom stereocenters. The molecule has 234 valence electrons. The van der Waals surface area contributed by atoms with Crippen LogP contribution in [0.3, 0.4) is 0 Å². The largest absolute Gasteiger partial charge is 0.508 e. The molecule has 2 aliphatic heterocycles. The van der Waals surface area contributed by atoms with Gasteiger partial charge in [0, 0.05) is 17.7 Å². The van der Waals surface area contributed by atoms with E-state index in [0.29, 0.717) is 16.9 Å².